The van der Waals surface area contributed by atoms with E-state index >= 15 is 0 Å². The van der Waals surface area contributed by atoms with Crippen LogP contribution in [0, 0.1) is 0 Å². The number of hydrogen-bond donors (Lipinski definition) is 1. The number of amides is 1. The predicted octanol–water partition coefficient (Wildman–Crippen LogP) is 0.306. The van der Waals surface area contributed by atoms with Crippen LogP contribution in [0.15, 0.2) is 30.3 Å². The van der Waals surface area contributed by atoms with Gasteiger partial charge in [-0.3, -0.25) is 9.59 Å². The van der Waals surface area contributed by atoms with Crippen molar-refractivity contribution in [2.45, 2.75) is 19.1 Å². The summed E-state index contributed by atoms with van der Waals surface area (Å²) < 4.78 is 10.3. The molecule has 6 heteroatoms. The summed E-state index contributed by atoms with van der Waals surface area (Å²) in [6, 6.07) is 8.41. The average Bonchev–Trinajstić information content (AvgIpc) is 2.54. The second kappa shape index (κ2) is 7.75. The topological polar surface area (TPSA) is 81.9 Å². The van der Waals surface area contributed by atoms with Gasteiger partial charge in [0.05, 0.1) is 19.6 Å². The first kappa shape index (κ1) is 15.5. The van der Waals surface area contributed by atoms with E-state index in [9.17, 15) is 9.59 Å². The zero-order chi connectivity index (χ0) is 15.1. The van der Waals surface area contributed by atoms with Gasteiger partial charge < -0.3 is 20.1 Å². The lowest BCUT2D eigenvalue weighted by Gasteiger charge is -2.27. The number of rotatable bonds is 5. The second-order valence-corrected chi connectivity index (χ2v) is 4.90. The molecule has 1 aliphatic heterocycles. The van der Waals surface area contributed by atoms with Crippen molar-refractivity contribution >= 4 is 11.9 Å². The highest BCUT2D eigenvalue weighted by molar-refractivity contribution is 5.85. The van der Waals surface area contributed by atoms with Crippen molar-refractivity contribution in [2.24, 2.45) is 5.73 Å². The van der Waals surface area contributed by atoms with Gasteiger partial charge in [-0.2, -0.15) is 0 Å². The van der Waals surface area contributed by atoms with E-state index < -0.39 is 12.0 Å². The Kier molecular flexibility index (Phi) is 5.71. The highest BCUT2D eigenvalue weighted by Gasteiger charge is 2.23. The number of ether oxygens (including phenoxy) is 2. The van der Waals surface area contributed by atoms with Crippen LogP contribution >= 0.6 is 0 Å². The Morgan fingerprint density at radius 2 is 1.90 bits per heavy atom. The molecule has 1 atom stereocenters. The van der Waals surface area contributed by atoms with E-state index in [1.807, 2.05) is 30.3 Å². The number of benzene rings is 1. The molecule has 1 fully saturated rings. The van der Waals surface area contributed by atoms with E-state index in [1.54, 1.807) is 4.90 Å². The fourth-order valence-electron chi connectivity index (χ4n) is 2.05. The molecule has 1 aromatic rings. The van der Waals surface area contributed by atoms with Crippen molar-refractivity contribution in [1.29, 1.82) is 0 Å². The minimum Gasteiger partial charge on any atom is -0.460 e. The number of morpholine rings is 1. The highest BCUT2D eigenvalue weighted by Crippen LogP contribution is 2.05. The molecule has 1 aromatic carbocycles. The van der Waals surface area contributed by atoms with Gasteiger partial charge in [0, 0.05) is 13.1 Å². The quantitative estimate of drug-likeness (QED) is 0.790. The van der Waals surface area contributed by atoms with Crippen LogP contribution in [0.25, 0.3) is 0 Å². The van der Waals surface area contributed by atoms with Gasteiger partial charge in [-0.15, -0.1) is 0 Å². The molecule has 2 rings (SSSR count). The SMILES string of the molecule is NC(CC(=O)N1CCOCC1)C(=O)OCc1ccccc1. The van der Waals surface area contributed by atoms with Crippen molar-refractivity contribution in [3.63, 3.8) is 0 Å². The summed E-state index contributed by atoms with van der Waals surface area (Å²) in [7, 11) is 0. The molecule has 2 N–H and O–H groups in total. The molecule has 1 saturated heterocycles. The van der Waals surface area contributed by atoms with Crippen LogP contribution in [0.2, 0.25) is 0 Å². The highest BCUT2D eigenvalue weighted by atomic mass is 16.5. The van der Waals surface area contributed by atoms with Crippen LogP contribution in [0.1, 0.15) is 12.0 Å². The lowest BCUT2D eigenvalue weighted by atomic mass is 10.2. The van der Waals surface area contributed by atoms with E-state index in [4.69, 9.17) is 15.2 Å². The fourth-order valence-corrected chi connectivity index (χ4v) is 2.05. The third kappa shape index (κ3) is 4.84. The maximum absolute atomic E-state index is 12.0. The van der Waals surface area contributed by atoms with Crippen LogP contribution in [0.3, 0.4) is 0 Å². The Morgan fingerprint density at radius 3 is 2.57 bits per heavy atom. The maximum Gasteiger partial charge on any atom is 0.323 e. The molecule has 0 aliphatic carbocycles. The first-order valence-corrected chi connectivity index (χ1v) is 6.98. The zero-order valence-corrected chi connectivity index (χ0v) is 11.9. The van der Waals surface area contributed by atoms with Gasteiger partial charge in [0.15, 0.2) is 0 Å². The Hall–Kier alpha value is -1.92. The molecule has 1 unspecified atom stereocenters. The molecule has 1 amide bonds. The summed E-state index contributed by atoms with van der Waals surface area (Å²) in [6.45, 7) is 2.31. The van der Waals surface area contributed by atoms with E-state index in [0.29, 0.717) is 26.3 Å². The molecular weight excluding hydrogens is 272 g/mol. The summed E-state index contributed by atoms with van der Waals surface area (Å²) >= 11 is 0. The molecule has 1 heterocycles. The minimum absolute atomic E-state index is 0.0341. The van der Waals surface area contributed by atoms with Crippen molar-refractivity contribution in [2.75, 3.05) is 26.3 Å². The standard InChI is InChI=1S/C15H20N2O4/c16-13(10-14(18)17-6-8-20-9-7-17)15(19)21-11-12-4-2-1-3-5-12/h1-5,13H,6-11,16H2. The van der Waals surface area contributed by atoms with Gasteiger partial charge in [0.2, 0.25) is 5.91 Å². The molecule has 6 nitrogen and oxygen atoms in total. The Labute approximate surface area is 123 Å². The first-order chi connectivity index (χ1) is 10.2. The van der Waals surface area contributed by atoms with Crippen LogP contribution in [0.5, 0.6) is 0 Å². The first-order valence-electron chi connectivity index (χ1n) is 6.98. The lowest BCUT2D eigenvalue weighted by Crippen LogP contribution is -2.44. The Balaban J connectivity index is 1.75. The van der Waals surface area contributed by atoms with Gasteiger partial charge in [-0.25, -0.2) is 0 Å². The van der Waals surface area contributed by atoms with E-state index in [1.165, 1.54) is 0 Å². The van der Waals surface area contributed by atoms with Crippen LogP contribution in [-0.4, -0.2) is 49.1 Å². The summed E-state index contributed by atoms with van der Waals surface area (Å²) in [4.78, 5) is 25.4. The summed E-state index contributed by atoms with van der Waals surface area (Å²) in [5.74, 6) is -0.692. The summed E-state index contributed by atoms with van der Waals surface area (Å²) in [5.41, 5.74) is 6.62. The second-order valence-electron chi connectivity index (χ2n) is 4.90. The largest absolute Gasteiger partial charge is 0.460 e. The monoisotopic (exact) mass is 292 g/mol. The van der Waals surface area contributed by atoms with Gasteiger partial charge in [-0.05, 0) is 5.56 Å². The molecule has 0 saturated carbocycles. The van der Waals surface area contributed by atoms with E-state index in [2.05, 4.69) is 0 Å². The number of carbonyl (C=O) groups excluding carboxylic acids is 2. The number of nitrogens with zero attached hydrogens (tertiary/aromatic N) is 1. The molecule has 0 spiro atoms. The Bertz CT molecular complexity index is 472. The molecule has 0 radical (unpaired) electrons. The maximum atomic E-state index is 12.0. The van der Waals surface area contributed by atoms with Crippen LogP contribution in [-0.2, 0) is 25.7 Å². The normalized spacial score (nSPS) is 16.3. The molecule has 21 heavy (non-hydrogen) atoms. The molecule has 0 aromatic heterocycles. The van der Waals surface area contributed by atoms with Crippen molar-refractivity contribution in [1.82, 2.24) is 4.90 Å². The van der Waals surface area contributed by atoms with Crippen molar-refractivity contribution in [3.8, 4) is 0 Å². The smallest absolute Gasteiger partial charge is 0.323 e. The van der Waals surface area contributed by atoms with Gasteiger partial charge >= 0.3 is 5.97 Å². The fraction of sp³-hybridized carbons (Fsp3) is 0.467. The molecular formula is C15H20N2O4. The number of nitrogens with two attached hydrogens (primary N) is 1. The molecule has 0 bridgehead atoms. The van der Waals surface area contributed by atoms with Crippen LogP contribution in [0.4, 0.5) is 0 Å². The average molecular weight is 292 g/mol. The number of carbonyl (C=O) groups is 2. The summed E-state index contributed by atoms with van der Waals surface area (Å²) in [5, 5.41) is 0. The van der Waals surface area contributed by atoms with E-state index in [0.717, 1.165) is 5.56 Å². The minimum atomic E-state index is -0.927. The van der Waals surface area contributed by atoms with Crippen molar-refractivity contribution < 1.29 is 19.1 Å². The third-order valence-electron chi connectivity index (χ3n) is 3.28. The number of esters is 1. The van der Waals surface area contributed by atoms with Gasteiger partial charge in [0.25, 0.3) is 0 Å². The molecule has 114 valence electrons. The van der Waals surface area contributed by atoms with Gasteiger partial charge in [-0.1, -0.05) is 30.3 Å². The molecule has 1 aliphatic rings. The lowest BCUT2D eigenvalue weighted by molar-refractivity contribution is -0.149. The number of hydrogen-bond acceptors (Lipinski definition) is 5. The Morgan fingerprint density at radius 1 is 1.24 bits per heavy atom. The van der Waals surface area contributed by atoms with E-state index in [-0.39, 0.29) is 18.9 Å². The zero-order valence-electron chi connectivity index (χ0n) is 11.9. The third-order valence-corrected chi connectivity index (χ3v) is 3.28. The predicted molar refractivity (Wildman–Crippen MR) is 76.2 cm³/mol. The van der Waals surface area contributed by atoms with Gasteiger partial charge in [0.1, 0.15) is 12.6 Å². The van der Waals surface area contributed by atoms with Crippen LogP contribution < -0.4 is 5.73 Å². The van der Waals surface area contributed by atoms with Crippen molar-refractivity contribution in [3.05, 3.63) is 35.9 Å². The summed E-state index contributed by atoms with van der Waals surface area (Å²) in [6.07, 6.45) is -0.0341.